The highest BCUT2D eigenvalue weighted by molar-refractivity contribution is 7.20. The molecule has 7 nitrogen and oxygen atoms in total. The van der Waals surface area contributed by atoms with Gasteiger partial charge in [-0.3, -0.25) is 9.59 Å². The molecule has 1 heterocycles. The highest BCUT2D eigenvalue weighted by Gasteiger charge is 2.22. The van der Waals surface area contributed by atoms with Crippen LogP contribution in [0, 0.1) is 0 Å². The van der Waals surface area contributed by atoms with Gasteiger partial charge in [0.15, 0.2) is 0 Å². The summed E-state index contributed by atoms with van der Waals surface area (Å²) in [5, 5.41) is 10.3. The Bertz CT molecular complexity index is 1620. The SMILES string of the molecule is COc1ccc(NC(=O)C(NCCc2ccccc2)c2ccc3cc(C(=O)Nc4ccccc4N)sc3c2)cc1. The lowest BCUT2D eigenvalue weighted by molar-refractivity contribution is -0.118. The standard InChI is InChI=1S/C32H30N4O3S/c1-39-25-15-13-24(14-16-25)35-32(38)30(34-18-17-21-7-3-2-4-8-21)23-12-11-22-19-29(40-28(22)20-23)31(37)36-27-10-6-5-9-26(27)33/h2-16,19-20,30,34H,17-18,33H2,1H3,(H,35,38)(H,36,37). The number of fused-ring (bicyclic) bond motifs is 1. The normalized spacial score (nSPS) is 11.6. The molecule has 5 N–H and O–H groups in total. The van der Waals surface area contributed by atoms with Crippen LogP contribution in [0.5, 0.6) is 5.75 Å². The number of carbonyl (C=O) groups is 2. The molecular weight excluding hydrogens is 520 g/mol. The van der Waals surface area contributed by atoms with Crippen molar-refractivity contribution in [2.75, 3.05) is 30.0 Å². The maximum atomic E-state index is 13.5. The van der Waals surface area contributed by atoms with Crippen LogP contribution < -0.4 is 26.4 Å². The van der Waals surface area contributed by atoms with Crippen molar-refractivity contribution in [1.82, 2.24) is 5.32 Å². The molecule has 1 aromatic heterocycles. The maximum Gasteiger partial charge on any atom is 0.265 e. The molecule has 0 fully saturated rings. The summed E-state index contributed by atoms with van der Waals surface area (Å²) in [4.78, 5) is 27.0. The predicted molar refractivity (Wildman–Crippen MR) is 163 cm³/mol. The first-order valence-corrected chi connectivity index (χ1v) is 13.7. The van der Waals surface area contributed by atoms with E-state index in [0.717, 1.165) is 22.1 Å². The van der Waals surface area contributed by atoms with Gasteiger partial charge in [-0.05, 0) is 71.5 Å². The van der Waals surface area contributed by atoms with Crippen LogP contribution in [0.4, 0.5) is 17.1 Å². The molecule has 1 unspecified atom stereocenters. The van der Waals surface area contributed by atoms with Crippen molar-refractivity contribution >= 4 is 50.3 Å². The van der Waals surface area contributed by atoms with Crippen molar-refractivity contribution in [2.45, 2.75) is 12.5 Å². The van der Waals surface area contributed by atoms with Gasteiger partial charge in [-0.15, -0.1) is 11.3 Å². The van der Waals surface area contributed by atoms with Gasteiger partial charge < -0.3 is 26.4 Å². The quantitative estimate of drug-likeness (QED) is 0.154. The summed E-state index contributed by atoms with van der Waals surface area (Å²) in [5.41, 5.74) is 9.74. The second kappa shape index (κ2) is 12.5. The molecule has 0 bridgehead atoms. The fraction of sp³-hybridized carbons (Fsp3) is 0.125. The van der Waals surface area contributed by atoms with Gasteiger partial charge in [-0.1, -0.05) is 54.6 Å². The van der Waals surface area contributed by atoms with Gasteiger partial charge in [0.25, 0.3) is 5.91 Å². The molecule has 0 aliphatic rings. The van der Waals surface area contributed by atoms with E-state index in [1.807, 2.05) is 66.7 Å². The highest BCUT2D eigenvalue weighted by atomic mass is 32.1. The summed E-state index contributed by atoms with van der Waals surface area (Å²) < 4.78 is 6.14. The van der Waals surface area contributed by atoms with E-state index in [4.69, 9.17) is 10.5 Å². The average molecular weight is 551 g/mol. The molecule has 40 heavy (non-hydrogen) atoms. The summed E-state index contributed by atoms with van der Waals surface area (Å²) in [6.45, 7) is 0.610. The number of nitrogens with two attached hydrogens (primary N) is 1. The Kier molecular flexibility index (Phi) is 8.39. The Morgan fingerprint density at radius 3 is 2.38 bits per heavy atom. The van der Waals surface area contributed by atoms with Crippen LogP contribution in [0.3, 0.4) is 0 Å². The van der Waals surface area contributed by atoms with E-state index in [1.54, 1.807) is 31.4 Å². The predicted octanol–water partition coefficient (Wildman–Crippen LogP) is 6.26. The number of anilines is 3. The van der Waals surface area contributed by atoms with Gasteiger partial charge in [-0.25, -0.2) is 0 Å². The Morgan fingerprint density at radius 2 is 1.62 bits per heavy atom. The van der Waals surface area contributed by atoms with Crippen LogP contribution in [-0.2, 0) is 11.2 Å². The molecular formula is C32H30N4O3S. The van der Waals surface area contributed by atoms with Gasteiger partial charge in [-0.2, -0.15) is 0 Å². The topological polar surface area (TPSA) is 105 Å². The third kappa shape index (κ3) is 6.48. The number of carbonyl (C=O) groups excluding carboxylic acids is 2. The van der Waals surface area contributed by atoms with Gasteiger partial charge in [0.1, 0.15) is 11.8 Å². The first-order chi connectivity index (χ1) is 19.5. The second-order valence-corrected chi connectivity index (χ2v) is 10.4. The lowest BCUT2D eigenvalue weighted by atomic mass is 10.0. The lowest BCUT2D eigenvalue weighted by Gasteiger charge is -2.19. The zero-order chi connectivity index (χ0) is 27.9. The molecule has 0 aliphatic carbocycles. The van der Waals surface area contributed by atoms with E-state index in [1.165, 1.54) is 16.9 Å². The molecule has 8 heteroatoms. The van der Waals surface area contributed by atoms with E-state index in [-0.39, 0.29) is 11.8 Å². The number of benzene rings is 4. The van der Waals surface area contributed by atoms with Crippen molar-refractivity contribution in [2.24, 2.45) is 0 Å². The Morgan fingerprint density at radius 1 is 0.875 bits per heavy atom. The molecule has 202 valence electrons. The molecule has 0 saturated carbocycles. The van der Waals surface area contributed by atoms with Crippen LogP contribution in [0.2, 0.25) is 0 Å². The Balaban J connectivity index is 1.37. The van der Waals surface area contributed by atoms with E-state index < -0.39 is 6.04 Å². The number of nitrogen functional groups attached to an aromatic ring is 1. The zero-order valence-electron chi connectivity index (χ0n) is 22.0. The number of hydrogen-bond acceptors (Lipinski definition) is 6. The first-order valence-electron chi connectivity index (χ1n) is 12.9. The fourth-order valence-electron chi connectivity index (χ4n) is 4.39. The van der Waals surface area contributed by atoms with Gasteiger partial charge in [0, 0.05) is 16.9 Å². The van der Waals surface area contributed by atoms with Crippen molar-refractivity contribution in [3.8, 4) is 5.75 Å². The highest BCUT2D eigenvalue weighted by Crippen LogP contribution is 2.30. The van der Waals surface area contributed by atoms with Crippen molar-refractivity contribution in [1.29, 1.82) is 0 Å². The van der Waals surface area contributed by atoms with E-state index >= 15 is 0 Å². The van der Waals surface area contributed by atoms with Crippen LogP contribution >= 0.6 is 11.3 Å². The summed E-state index contributed by atoms with van der Waals surface area (Å²) in [5.74, 6) is 0.315. The summed E-state index contributed by atoms with van der Waals surface area (Å²) >= 11 is 1.38. The molecule has 0 saturated heterocycles. The number of ether oxygens (including phenoxy) is 1. The molecule has 4 aromatic carbocycles. The van der Waals surface area contributed by atoms with Crippen molar-refractivity contribution < 1.29 is 14.3 Å². The molecule has 0 spiro atoms. The summed E-state index contributed by atoms with van der Waals surface area (Å²) in [7, 11) is 1.60. The number of rotatable bonds is 10. The molecule has 2 amide bonds. The summed E-state index contributed by atoms with van der Waals surface area (Å²) in [6.07, 6.45) is 0.779. The Hall–Kier alpha value is -4.66. The number of hydrogen-bond donors (Lipinski definition) is 4. The van der Waals surface area contributed by atoms with E-state index in [0.29, 0.717) is 34.2 Å². The van der Waals surface area contributed by atoms with Crippen molar-refractivity contribution in [3.63, 3.8) is 0 Å². The van der Waals surface area contributed by atoms with Gasteiger partial charge >= 0.3 is 0 Å². The van der Waals surface area contributed by atoms with Gasteiger partial charge in [0.2, 0.25) is 5.91 Å². The number of amides is 2. The number of thiophene rings is 1. The van der Waals surface area contributed by atoms with Crippen LogP contribution in [0.25, 0.3) is 10.1 Å². The number of para-hydroxylation sites is 2. The maximum absolute atomic E-state index is 13.5. The third-order valence-electron chi connectivity index (χ3n) is 6.53. The second-order valence-electron chi connectivity index (χ2n) is 9.29. The molecule has 0 aliphatic heterocycles. The largest absolute Gasteiger partial charge is 0.497 e. The Labute approximate surface area is 237 Å². The fourth-order valence-corrected chi connectivity index (χ4v) is 5.40. The first kappa shape index (κ1) is 26.9. The molecule has 0 radical (unpaired) electrons. The minimum absolute atomic E-state index is 0.174. The monoisotopic (exact) mass is 550 g/mol. The van der Waals surface area contributed by atoms with Crippen LogP contribution in [0.15, 0.2) is 103 Å². The summed E-state index contributed by atoms with van der Waals surface area (Å²) in [6, 6.07) is 31.6. The smallest absolute Gasteiger partial charge is 0.265 e. The molecule has 5 aromatic rings. The minimum atomic E-state index is -0.598. The minimum Gasteiger partial charge on any atom is -0.497 e. The molecule has 5 rings (SSSR count). The van der Waals surface area contributed by atoms with Gasteiger partial charge in [0.05, 0.1) is 23.4 Å². The number of nitrogens with one attached hydrogen (secondary N) is 3. The zero-order valence-corrected chi connectivity index (χ0v) is 22.8. The van der Waals surface area contributed by atoms with E-state index in [2.05, 4.69) is 28.1 Å². The average Bonchev–Trinajstić information content (AvgIpc) is 3.41. The molecule has 1 atom stereocenters. The van der Waals surface area contributed by atoms with Crippen LogP contribution in [-0.4, -0.2) is 25.5 Å². The third-order valence-corrected chi connectivity index (χ3v) is 7.63. The van der Waals surface area contributed by atoms with Crippen LogP contribution in [0.1, 0.15) is 26.8 Å². The van der Waals surface area contributed by atoms with E-state index in [9.17, 15) is 9.59 Å². The lowest BCUT2D eigenvalue weighted by Crippen LogP contribution is -2.34. The van der Waals surface area contributed by atoms with Crippen molar-refractivity contribution in [3.05, 3.63) is 119 Å². The number of methoxy groups -OCH3 is 1.